The Hall–Kier alpha value is -0.0800. The van der Waals surface area contributed by atoms with Crippen LogP contribution >= 0.6 is 0 Å². The molecule has 0 aromatic rings. The standard InChI is InChI=1S/C17H36N2/c1-5-6-7-16-8-10-17(11-9-16)13-19-15(4)12-18-14(2)3/h14-19H,5-13H2,1-4H3. The minimum absolute atomic E-state index is 0.596. The van der Waals surface area contributed by atoms with E-state index in [1.54, 1.807) is 0 Å². The van der Waals surface area contributed by atoms with Crippen molar-refractivity contribution in [3.05, 3.63) is 0 Å². The van der Waals surface area contributed by atoms with E-state index in [0.29, 0.717) is 12.1 Å². The molecule has 0 spiro atoms. The van der Waals surface area contributed by atoms with Crippen LogP contribution in [0.4, 0.5) is 0 Å². The van der Waals surface area contributed by atoms with Crippen LogP contribution in [0.3, 0.4) is 0 Å². The SMILES string of the molecule is CCCCC1CCC(CNC(C)CNC(C)C)CC1. The number of unbranched alkanes of at least 4 members (excludes halogenated alkanes) is 1. The van der Waals surface area contributed by atoms with Crippen LogP contribution in [0.25, 0.3) is 0 Å². The summed E-state index contributed by atoms with van der Waals surface area (Å²) in [6.07, 6.45) is 10.1. The summed E-state index contributed by atoms with van der Waals surface area (Å²) < 4.78 is 0. The third-order valence-electron chi connectivity index (χ3n) is 4.52. The van der Waals surface area contributed by atoms with E-state index < -0.39 is 0 Å². The van der Waals surface area contributed by atoms with Crippen LogP contribution in [0.1, 0.15) is 72.6 Å². The van der Waals surface area contributed by atoms with Crippen molar-refractivity contribution >= 4 is 0 Å². The minimum Gasteiger partial charge on any atom is -0.313 e. The van der Waals surface area contributed by atoms with Gasteiger partial charge in [-0.3, -0.25) is 0 Å². The Balaban J connectivity index is 2.05. The first-order valence-corrected chi connectivity index (χ1v) is 8.58. The molecule has 1 aliphatic carbocycles. The highest BCUT2D eigenvalue weighted by atomic mass is 15.0. The van der Waals surface area contributed by atoms with Crippen LogP contribution in [0.15, 0.2) is 0 Å². The van der Waals surface area contributed by atoms with Crippen molar-refractivity contribution in [1.82, 2.24) is 10.6 Å². The first-order valence-electron chi connectivity index (χ1n) is 8.58. The molecule has 1 fully saturated rings. The topological polar surface area (TPSA) is 24.1 Å². The fourth-order valence-electron chi connectivity index (χ4n) is 3.07. The van der Waals surface area contributed by atoms with Gasteiger partial charge in [-0.05, 0) is 38.1 Å². The molecular weight excluding hydrogens is 232 g/mol. The maximum Gasteiger partial charge on any atom is 0.0164 e. The lowest BCUT2D eigenvalue weighted by molar-refractivity contribution is 0.248. The van der Waals surface area contributed by atoms with Gasteiger partial charge in [-0.2, -0.15) is 0 Å². The first kappa shape index (κ1) is 17.0. The molecule has 0 radical (unpaired) electrons. The van der Waals surface area contributed by atoms with Crippen molar-refractivity contribution in [2.24, 2.45) is 11.8 Å². The van der Waals surface area contributed by atoms with Crippen molar-refractivity contribution in [3.8, 4) is 0 Å². The molecule has 2 N–H and O–H groups in total. The third kappa shape index (κ3) is 7.94. The second-order valence-corrected chi connectivity index (χ2v) is 6.90. The molecule has 1 atom stereocenters. The Morgan fingerprint density at radius 1 is 0.947 bits per heavy atom. The Bertz CT molecular complexity index is 207. The van der Waals surface area contributed by atoms with E-state index in [1.165, 1.54) is 51.5 Å². The Morgan fingerprint density at radius 2 is 1.58 bits per heavy atom. The lowest BCUT2D eigenvalue weighted by atomic mass is 9.80. The average Bonchev–Trinajstić information content (AvgIpc) is 2.41. The lowest BCUT2D eigenvalue weighted by Crippen LogP contribution is -2.41. The number of hydrogen-bond acceptors (Lipinski definition) is 2. The van der Waals surface area contributed by atoms with Gasteiger partial charge in [0, 0.05) is 18.6 Å². The number of hydrogen-bond donors (Lipinski definition) is 2. The maximum atomic E-state index is 3.70. The zero-order valence-electron chi connectivity index (χ0n) is 13.7. The zero-order chi connectivity index (χ0) is 14.1. The van der Waals surface area contributed by atoms with Gasteiger partial charge >= 0.3 is 0 Å². The van der Waals surface area contributed by atoms with E-state index in [1.807, 2.05) is 0 Å². The van der Waals surface area contributed by atoms with Crippen LogP contribution in [-0.2, 0) is 0 Å². The van der Waals surface area contributed by atoms with Crippen molar-refractivity contribution in [2.75, 3.05) is 13.1 Å². The predicted molar refractivity (Wildman–Crippen MR) is 85.6 cm³/mol. The summed E-state index contributed by atoms with van der Waals surface area (Å²) in [5.41, 5.74) is 0. The highest BCUT2D eigenvalue weighted by molar-refractivity contribution is 4.76. The highest BCUT2D eigenvalue weighted by Gasteiger charge is 2.20. The van der Waals surface area contributed by atoms with E-state index in [2.05, 4.69) is 38.3 Å². The largest absolute Gasteiger partial charge is 0.313 e. The summed E-state index contributed by atoms with van der Waals surface area (Å²) in [7, 11) is 0. The van der Waals surface area contributed by atoms with Crippen LogP contribution < -0.4 is 10.6 Å². The molecule has 0 aromatic heterocycles. The fraction of sp³-hybridized carbons (Fsp3) is 1.00. The van der Waals surface area contributed by atoms with Gasteiger partial charge in [-0.1, -0.05) is 52.9 Å². The molecule has 0 aliphatic heterocycles. The van der Waals surface area contributed by atoms with E-state index >= 15 is 0 Å². The van der Waals surface area contributed by atoms with Crippen LogP contribution in [0.5, 0.6) is 0 Å². The summed E-state index contributed by atoms with van der Waals surface area (Å²) in [5.74, 6) is 1.97. The van der Waals surface area contributed by atoms with E-state index in [-0.39, 0.29) is 0 Å². The van der Waals surface area contributed by atoms with Crippen molar-refractivity contribution in [3.63, 3.8) is 0 Å². The predicted octanol–water partition coefficient (Wildman–Crippen LogP) is 3.96. The summed E-state index contributed by atoms with van der Waals surface area (Å²) in [4.78, 5) is 0. The van der Waals surface area contributed by atoms with Crippen molar-refractivity contribution in [1.29, 1.82) is 0 Å². The van der Waals surface area contributed by atoms with E-state index in [9.17, 15) is 0 Å². The van der Waals surface area contributed by atoms with Gasteiger partial charge in [-0.25, -0.2) is 0 Å². The first-order chi connectivity index (χ1) is 9.11. The van der Waals surface area contributed by atoms with Gasteiger partial charge in [0.25, 0.3) is 0 Å². The van der Waals surface area contributed by atoms with E-state index in [0.717, 1.165) is 18.4 Å². The number of nitrogens with one attached hydrogen (secondary N) is 2. The summed E-state index contributed by atoms with van der Waals surface area (Å²) in [6, 6.07) is 1.19. The molecule has 1 saturated carbocycles. The molecule has 1 unspecified atom stereocenters. The molecule has 19 heavy (non-hydrogen) atoms. The van der Waals surface area contributed by atoms with Crippen LogP contribution in [0, 0.1) is 11.8 Å². The van der Waals surface area contributed by atoms with Gasteiger partial charge in [0.15, 0.2) is 0 Å². The molecule has 0 amide bonds. The maximum absolute atomic E-state index is 3.70. The molecule has 2 nitrogen and oxygen atoms in total. The lowest BCUT2D eigenvalue weighted by Gasteiger charge is -2.29. The Kier molecular flexibility index (Phi) is 8.72. The summed E-state index contributed by atoms with van der Waals surface area (Å²) in [6.45, 7) is 11.3. The molecule has 0 bridgehead atoms. The molecule has 1 aliphatic rings. The molecular formula is C17H36N2. The van der Waals surface area contributed by atoms with Gasteiger partial charge < -0.3 is 10.6 Å². The molecule has 114 valence electrons. The van der Waals surface area contributed by atoms with Gasteiger partial charge in [0.1, 0.15) is 0 Å². The number of rotatable bonds is 9. The van der Waals surface area contributed by atoms with Crippen molar-refractivity contribution in [2.45, 2.75) is 84.7 Å². The van der Waals surface area contributed by atoms with Gasteiger partial charge in [0.2, 0.25) is 0 Å². The minimum atomic E-state index is 0.596. The molecule has 0 saturated heterocycles. The zero-order valence-corrected chi connectivity index (χ0v) is 13.7. The van der Waals surface area contributed by atoms with Crippen LogP contribution in [-0.4, -0.2) is 25.2 Å². The monoisotopic (exact) mass is 268 g/mol. The normalized spacial score (nSPS) is 25.7. The summed E-state index contributed by atoms with van der Waals surface area (Å²) >= 11 is 0. The summed E-state index contributed by atoms with van der Waals surface area (Å²) in [5, 5.41) is 7.20. The average molecular weight is 268 g/mol. The van der Waals surface area contributed by atoms with Crippen molar-refractivity contribution < 1.29 is 0 Å². The smallest absolute Gasteiger partial charge is 0.0164 e. The molecule has 1 rings (SSSR count). The second kappa shape index (κ2) is 9.77. The quantitative estimate of drug-likeness (QED) is 0.661. The molecule has 2 heteroatoms. The van der Waals surface area contributed by atoms with E-state index in [4.69, 9.17) is 0 Å². The molecule has 0 heterocycles. The van der Waals surface area contributed by atoms with Gasteiger partial charge in [-0.15, -0.1) is 0 Å². The second-order valence-electron chi connectivity index (χ2n) is 6.90. The van der Waals surface area contributed by atoms with Crippen LogP contribution in [0.2, 0.25) is 0 Å². The van der Waals surface area contributed by atoms with Gasteiger partial charge in [0.05, 0.1) is 0 Å². The molecule has 0 aromatic carbocycles. The highest BCUT2D eigenvalue weighted by Crippen LogP contribution is 2.31. The fourth-order valence-corrected chi connectivity index (χ4v) is 3.07. The third-order valence-corrected chi connectivity index (χ3v) is 4.52. The Morgan fingerprint density at radius 3 is 2.16 bits per heavy atom. The Labute approximate surface area is 121 Å².